The fourth-order valence-corrected chi connectivity index (χ4v) is 0.935. The molecule has 0 N–H and O–H groups in total. The van der Waals surface area contributed by atoms with Crippen LogP contribution in [0, 0.1) is 0 Å². The first-order valence-corrected chi connectivity index (χ1v) is 3.47. The Morgan fingerprint density at radius 3 is 2.75 bits per heavy atom. The molecule has 0 aliphatic heterocycles. The van der Waals surface area contributed by atoms with E-state index >= 15 is 0 Å². The number of rotatable bonds is 2. The fraction of sp³-hybridized carbons (Fsp3) is 0. The van der Waals surface area contributed by atoms with Gasteiger partial charge in [-0.15, -0.1) is 0 Å². The van der Waals surface area contributed by atoms with E-state index in [9.17, 15) is 4.79 Å². The summed E-state index contributed by atoms with van der Waals surface area (Å²) in [6, 6.07) is 6.33. The third-order valence-electron chi connectivity index (χ3n) is 1.27. The van der Waals surface area contributed by atoms with E-state index in [4.69, 9.17) is 17.1 Å². The normalized spacial score (nSPS) is 8.75. The van der Waals surface area contributed by atoms with E-state index in [1.807, 2.05) is 0 Å². The van der Waals surface area contributed by atoms with Crippen molar-refractivity contribution >= 4 is 22.5 Å². The average molecular weight is 182 g/mol. The molecule has 0 unspecified atom stereocenters. The second-order valence-electron chi connectivity index (χ2n) is 1.98. The van der Waals surface area contributed by atoms with Gasteiger partial charge in [0.15, 0.2) is 0 Å². The number of halogens is 1. The van der Waals surface area contributed by atoms with Crippen LogP contribution in [0.5, 0.6) is 0 Å². The van der Waals surface area contributed by atoms with Crippen LogP contribution in [0.15, 0.2) is 29.4 Å². The molecule has 5 heteroatoms. The summed E-state index contributed by atoms with van der Waals surface area (Å²) in [5.41, 5.74) is 8.60. The van der Waals surface area contributed by atoms with Crippen LogP contribution in [0.3, 0.4) is 0 Å². The van der Waals surface area contributed by atoms with Crippen molar-refractivity contribution in [1.29, 1.82) is 0 Å². The molecule has 1 aromatic carbocycles. The lowest BCUT2D eigenvalue weighted by Gasteiger charge is -1.96. The minimum absolute atomic E-state index is 0.219. The molecule has 12 heavy (non-hydrogen) atoms. The van der Waals surface area contributed by atoms with Gasteiger partial charge in [0.05, 0.1) is 0 Å². The summed E-state index contributed by atoms with van der Waals surface area (Å²) < 4.78 is 0. The first-order chi connectivity index (χ1) is 5.75. The lowest BCUT2D eigenvalue weighted by atomic mass is 10.2. The van der Waals surface area contributed by atoms with Gasteiger partial charge in [-0.25, -0.2) is 0 Å². The van der Waals surface area contributed by atoms with Gasteiger partial charge in [-0.3, -0.25) is 4.79 Å². The molecule has 0 radical (unpaired) electrons. The molecular formula is C7H4ClN3O. The maximum Gasteiger partial charge on any atom is 0.252 e. The molecule has 0 aromatic heterocycles. The number of carbonyl (C=O) groups excluding carboxylic acids is 1. The Kier molecular flexibility index (Phi) is 2.69. The number of nitrogens with zero attached hydrogens (tertiary/aromatic N) is 3. The van der Waals surface area contributed by atoms with Crippen molar-refractivity contribution in [2.24, 2.45) is 5.11 Å². The van der Waals surface area contributed by atoms with Gasteiger partial charge in [-0.1, -0.05) is 23.3 Å². The predicted molar refractivity (Wildman–Crippen MR) is 45.4 cm³/mol. The molecule has 4 nitrogen and oxygen atoms in total. The maximum atomic E-state index is 10.7. The maximum absolute atomic E-state index is 10.7. The Hall–Kier alpha value is -1.51. The molecule has 0 spiro atoms. The highest BCUT2D eigenvalue weighted by Gasteiger charge is 2.05. The molecule has 0 atom stereocenters. The van der Waals surface area contributed by atoms with E-state index in [-0.39, 0.29) is 11.3 Å². The quantitative estimate of drug-likeness (QED) is 0.299. The second-order valence-corrected chi connectivity index (χ2v) is 2.32. The largest absolute Gasteiger partial charge is 0.276 e. The minimum atomic E-state index is -0.627. The number of carbonyl (C=O) groups is 1. The Balaban J connectivity index is 3.26. The Morgan fingerprint density at radius 2 is 2.17 bits per heavy atom. The van der Waals surface area contributed by atoms with Crippen molar-refractivity contribution < 1.29 is 4.79 Å². The molecule has 0 aliphatic rings. The van der Waals surface area contributed by atoms with E-state index in [1.54, 1.807) is 12.1 Å². The summed E-state index contributed by atoms with van der Waals surface area (Å²) >= 11 is 5.22. The Bertz CT molecular complexity index is 336. The fourth-order valence-electron chi connectivity index (χ4n) is 0.775. The molecule has 0 amide bonds. The minimum Gasteiger partial charge on any atom is -0.276 e. The summed E-state index contributed by atoms with van der Waals surface area (Å²) in [7, 11) is 0. The first-order valence-electron chi connectivity index (χ1n) is 3.09. The number of azide groups is 1. The predicted octanol–water partition coefficient (Wildman–Crippen LogP) is 3.01. The monoisotopic (exact) mass is 181 g/mol. The van der Waals surface area contributed by atoms with Gasteiger partial charge in [-0.2, -0.15) is 0 Å². The van der Waals surface area contributed by atoms with E-state index in [1.165, 1.54) is 12.1 Å². The van der Waals surface area contributed by atoms with Crippen LogP contribution in [-0.4, -0.2) is 5.24 Å². The topological polar surface area (TPSA) is 65.8 Å². The number of hydrogen-bond donors (Lipinski definition) is 0. The van der Waals surface area contributed by atoms with Gasteiger partial charge in [0.2, 0.25) is 0 Å². The van der Waals surface area contributed by atoms with Crippen LogP contribution in [0.25, 0.3) is 10.4 Å². The molecule has 1 aromatic rings. The van der Waals surface area contributed by atoms with Crippen LogP contribution in [0.4, 0.5) is 5.69 Å². The molecule has 0 fully saturated rings. The third kappa shape index (κ3) is 1.75. The highest BCUT2D eigenvalue weighted by atomic mass is 35.5. The zero-order valence-corrected chi connectivity index (χ0v) is 6.69. The summed E-state index contributed by atoms with van der Waals surface area (Å²) in [5.74, 6) is 0. The van der Waals surface area contributed by atoms with E-state index < -0.39 is 5.24 Å². The average Bonchev–Trinajstić information content (AvgIpc) is 2.05. The van der Waals surface area contributed by atoms with E-state index in [0.29, 0.717) is 0 Å². The number of benzene rings is 1. The summed E-state index contributed by atoms with van der Waals surface area (Å²) in [5, 5.41) is 2.68. The summed E-state index contributed by atoms with van der Waals surface area (Å²) in [6.07, 6.45) is 0. The molecule has 60 valence electrons. The molecule has 0 saturated carbocycles. The van der Waals surface area contributed by atoms with Gasteiger partial charge in [0.25, 0.3) is 5.24 Å². The molecule has 0 bridgehead atoms. The third-order valence-corrected chi connectivity index (χ3v) is 1.47. The van der Waals surface area contributed by atoms with Crippen molar-refractivity contribution in [1.82, 2.24) is 0 Å². The van der Waals surface area contributed by atoms with Crippen LogP contribution in [0.2, 0.25) is 0 Å². The lowest BCUT2D eigenvalue weighted by Crippen LogP contribution is -1.87. The van der Waals surface area contributed by atoms with Crippen LogP contribution >= 0.6 is 11.6 Å². The van der Waals surface area contributed by atoms with Gasteiger partial charge < -0.3 is 0 Å². The highest BCUT2D eigenvalue weighted by Crippen LogP contribution is 2.20. The van der Waals surface area contributed by atoms with Crippen molar-refractivity contribution in [3.8, 4) is 0 Å². The zero-order chi connectivity index (χ0) is 8.97. The molecular weight excluding hydrogens is 178 g/mol. The van der Waals surface area contributed by atoms with E-state index in [2.05, 4.69) is 10.0 Å². The van der Waals surface area contributed by atoms with Crippen LogP contribution in [0.1, 0.15) is 10.4 Å². The smallest absolute Gasteiger partial charge is 0.252 e. The SMILES string of the molecule is [N-]=[N+]=Nc1ccccc1C(=O)Cl. The van der Waals surface area contributed by atoms with Crippen molar-refractivity contribution in [3.63, 3.8) is 0 Å². The molecule has 1 rings (SSSR count). The summed E-state index contributed by atoms with van der Waals surface area (Å²) in [6.45, 7) is 0. The van der Waals surface area contributed by atoms with Crippen LogP contribution < -0.4 is 0 Å². The van der Waals surface area contributed by atoms with Gasteiger partial charge in [0, 0.05) is 16.2 Å². The Labute approximate surface area is 73.4 Å². The standard InChI is InChI=1S/C7H4ClN3O/c8-7(12)5-3-1-2-4-6(5)10-11-9/h1-4H. The van der Waals surface area contributed by atoms with E-state index in [0.717, 1.165) is 0 Å². The van der Waals surface area contributed by atoms with Crippen molar-refractivity contribution in [2.75, 3.05) is 0 Å². The zero-order valence-electron chi connectivity index (χ0n) is 5.94. The molecule has 0 saturated heterocycles. The van der Waals surface area contributed by atoms with Gasteiger partial charge >= 0.3 is 0 Å². The lowest BCUT2D eigenvalue weighted by molar-refractivity contribution is 0.108. The van der Waals surface area contributed by atoms with Crippen molar-refractivity contribution in [3.05, 3.63) is 40.3 Å². The van der Waals surface area contributed by atoms with Crippen LogP contribution in [-0.2, 0) is 0 Å². The van der Waals surface area contributed by atoms with Crippen molar-refractivity contribution in [2.45, 2.75) is 0 Å². The molecule has 0 aliphatic carbocycles. The summed E-state index contributed by atoms with van der Waals surface area (Å²) in [4.78, 5) is 13.3. The van der Waals surface area contributed by atoms with Gasteiger partial charge in [0.1, 0.15) is 0 Å². The Morgan fingerprint density at radius 1 is 1.50 bits per heavy atom. The second kappa shape index (κ2) is 3.76. The highest BCUT2D eigenvalue weighted by molar-refractivity contribution is 6.68. The number of hydrogen-bond acceptors (Lipinski definition) is 2. The molecule has 0 heterocycles. The van der Waals surface area contributed by atoms with Gasteiger partial charge in [-0.05, 0) is 23.2 Å². The first kappa shape index (κ1) is 8.59.